The van der Waals surface area contributed by atoms with Crippen LogP contribution in [0.3, 0.4) is 0 Å². The van der Waals surface area contributed by atoms with Gasteiger partial charge in [-0.2, -0.15) is 0 Å². The van der Waals surface area contributed by atoms with Gasteiger partial charge in [-0.05, 0) is 26.7 Å². The molecule has 0 aromatic carbocycles. The largest absolute Gasteiger partial charge is 0.490 e. The highest BCUT2D eigenvalue weighted by Crippen LogP contribution is 2.35. The number of ether oxygens (including phenoxy) is 2. The fourth-order valence-corrected chi connectivity index (χ4v) is 2.29. The molecular weight excluding hydrogens is 256 g/mol. The molecule has 1 aromatic heterocycles. The van der Waals surface area contributed by atoms with E-state index < -0.39 is 0 Å². The number of nitrogens with zero attached hydrogens (tertiary/aromatic N) is 2. The Bertz CT molecular complexity index is 455. The van der Waals surface area contributed by atoms with E-state index in [-0.39, 0.29) is 11.6 Å². The van der Waals surface area contributed by atoms with Crippen molar-refractivity contribution in [3.8, 4) is 5.75 Å². The van der Waals surface area contributed by atoms with Gasteiger partial charge in [0, 0.05) is 13.2 Å². The van der Waals surface area contributed by atoms with Crippen molar-refractivity contribution in [2.45, 2.75) is 45.3 Å². The molecule has 2 unspecified atom stereocenters. The Kier molecular flexibility index (Phi) is 4.65. The Morgan fingerprint density at radius 1 is 1.45 bits per heavy atom. The van der Waals surface area contributed by atoms with Crippen molar-refractivity contribution < 1.29 is 9.47 Å². The number of anilines is 2. The van der Waals surface area contributed by atoms with E-state index in [0.717, 1.165) is 31.8 Å². The molecule has 1 aromatic rings. The van der Waals surface area contributed by atoms with Crippen LogP contribution in [0.5, 0.6) is 5.75 Å². The standard InChI is InChI=1S/C14H24N4O2/c1-5-7-15-12-11(19-4)13(17-9-16-12)18-14(3)6-8-20-10(14)2/h9-10H,5-8H2,1-4H3,(H2,15,16,17,18). The molecule has 0 radical (unpaired) electrons. The molecule has 2 heterocycles. The Morgan fingerprint density at radius 2 is 2.20 bits per heavy atom. The topological polar surface area (TPSA) is 68.3 Å². The van der Waals surface area contributed by atoms with Gasteiger partial charge in [-0.3, -0.25) is 0 Å². The molecule has 1 aliphatic rings. The van der Waals surface area contributed by atoms with Crippen molar-refractivity contribution >= 4 is 11.6 Å². The second-order valence-corrected chi connectivity index (χ2v) is 5.34. The predicted octanol–water partition coefficient (Wildman–Crippen LogP) is 2.29. The molecule has 0 amide bonds. The molecular formula is C14H24N4O2. The van der Waals surface area contributed by atoms with Crippen LogP contribution < -0.4 is 15.4 Å². The number of methoxy groups -OCH3 is 1. The van der Waals surface area contributed by atoms with Gasteiger partial charge < -0.3 is 20.1 Å². The summed E-state index contributed by atoms with van der Waals surface area (Å²) >= 11 is 0. The first kappa shape index (κ1) is 14.8. The Morgan fingerprint density at radius 3 is 2.80 bits per heavy atom. The molecule has 0 bridgehead atoms. The predicted molar refractivity (Wildman–Crippen MR) is 79.4 cm³/mol. The smallest absolute Gasteiger partial charge is 0.204 e. The Hall–Kier alpha value is -1.56. The molecule has 0 spiro atoms. The first-order valence-corrected chi connectivity index (χ1v) is 7.13. The first-order valence-electron chi connectivity index (χ1n) is 7.13. The van der Waals surface area contributed by atoms with E-state index in [4.69, 9.17) is 9.47 Å². The summed E-state index contributed by atoms with van der Waals surface area (Å²) in [6.45, 7) is 7.94. The highest BCUT2D eigenvalue weighted by atomic mass is 16.5. The number of aromatic nitrogens is 2. The van der Waals surface area contributed by atoms with E-state index in [2.05, 4.69) is 41.4 Å². The minimum Gasteiger partial charge on any atom is -0.490 e. The maximum Gasteiger partial charge on any atom is 0.204 e. The van der Waals surface area contributed by atoms with E-state index in [0.29, 0.717) is 11.6 Å². The maximum absolute atomic E-state index is 5.65. The quantitative estimate of drug-likeness (QED) is 0.833. The number of hydrogen-bond acceptors (Lipinski definition) is 6. The first-order chi connectivity index (χ1) is 9.60. The van der Waals surface area contributed by atoms with Gasteiger partial charge in [-0.25, -0.2) is 9.97 Å². The summed E-state index contributed by atoms with van der Waals surface area (Å²) in [5.41, 5.74) is -0.135. The third-order valence-corrected chi connectivity index (χ3v) is 3.84. The SMILES string of the molecule is CCCNc1ncnc(NC2(C)CCOC2C)c1OC. The molecule has 112 valence electrons. The minimum absolute atomic E-state index is 0.134. The summed E-state index contributed by atoms with van der Waals surface area (Å²) in [6, 6.07) is 0. The average Bonchev–Trinajstić information content (AvgIpc) is 2.76. The van der Waals surface area contributed by atoms with Crippen LogP contribution in [0.25, 0.3) is 0 Å². The van der Waals surface area contributed by atoms with Crippen molar-refractivity contribution in [1.29, 1.82) is 0 Å². The van der Waals surface area contributed by atoms with Crippen LogP contribution in [-0.2, 0) is 4.74 Å². The van der Waals surface area contributed by atoms with Crippen molar-refractivity contribution in [2.24, 2.45) is 0 Å². The molecule has 1 saturated heterocycles. The number of rotatable bonds is 6. The molecule has 6 nitrogen and oxygen atoms in total. The second kappa shape index (κ2) is 6.26. The van der Waals surface area contributed by atoms with E-state index in [1.807, 2.05) is 0 Å². The zero-order chi connectivity index (χ0) is 14.6. The van der Waals surface area contributed by atoms with Crippen molar-refractivity contribution in [1.82, 2.24) is 9.97 Å². The fraction of sp³-hybridized carbons (Fsp3) is 0.714. The van der Waals surface area contributed by atoms with Crippen molar-refractivity contribution in [2.75, 3.05) is 30.9 Å². The molecule has 20 heavy (non-hydrogen) atoms. The summed E-state index contributed by atoms with van der Waals surface area (Å²) < 4.78 is 11.1. The summed E-state index contributed by atoms with van der Waals surface area (Å²) in [5, 5.41) is 6.72. The minimum atomic E-state index is -0.135. The molecule has 2 atom stereocenters. The van der Waals surface area contributed by atoms with Crippen LogP contribution in [-0.4, -0.2) is 41.9 Å². The lowest BCUT2D eigenvalue weighted by atomic mass is 9.95. The van der Waals surface area contributed by atoms with Gasteiger partial charge in [0.05, 0.1) is 18.8 Å². The Balaban J connectivity index is 2.22. The fourth-order valence-electron chi connectivity index (χ4n) is 2.29. The van der Waals surface area contributed by atoms with Crippen LogP contribution in [0.15, 0.2) is 6.33 Å². The van der Waals surface area contributed by atoms with E-state index in [9.17, 15) is 0 Å². The highest BCUT2D eigenvalue weighted by molar-refractivity contribution is 5.64. The van der Waals surface area contributed by atoms with Crippen molar-refractivity contribution in [3.63, 3.8) is 0 Å². The zero-order valence-corrected chi connectivity index (χ0v) is 12.7. The zero-order valence-electron chi connectivity index (χ0n) is 12.7. The van der Waals surface area contributed by atoms with Gasteiger partial charge in [-0.1, -0.05) is 6.92 Å². The summed E-state index contributed by atoms with van der Waals surface area (Å²) in [6.07, 6.45) is 3.65. The van der Waals surface area contributed by atoms with Crippen LogP contribution >= 0.6 is 0 Å². The Labute approximate surface area is 120 Å². The number of nitrogens with one attached hydrogen (secondary N) is 2. The van der Waals surface area contributed by atoms with Crippen LogP contribution in [0.4, 0.5) is 11.6 Å². The summed E-state index contributed by atoms with van der Waals surface area (Å²) in [5.74, 6) is 2.09. The van der Waals surface area contributed by atoms with E-state index >= 15 is 0 Å². The second-order valence-electron chi connectivity index (χ2n) is 5.34. The molecule has 6 heteroatoms. The molecule has 0 saturated carbocycles. The van der Waals surface area contributed by atoms with Gasteiger partial charge in [0.25, 0.3) is 0 Å². The third-order valence-electron chi connectivity index (χ3n) is 3.84. The molecule has 0 aliphatic carbocycles. The monoisotopic (exact) mass is 280 g/mol. The van der Waals surface area contributed by atoms with Gasteiger partial charge in [0.15, 0.2) is 11.6 Å². The van der Waals surface area contributed by atoms with Crippen LogP contribution in [0, 0.1) is 0 Å². The summed E-state index contributed by atoms with van der Waals surface area (Å²) in [4.78, 5) is 8.56. The molecule has 1 fully saturated rings. The van der Waals surface area contributed by atoms with Crippen LogP contribution in [0.1, 0.15) is 33.6 Å². The molecule has 2 N–H and O–H groups in total. The maximum atomic E-state index is 5.65. The normalized spacial score (nSPS) is 25.5. The molecule has 2 rings (SSSR count). The van der Waals surface area contributed by atoms with Gasteiger partial charge in [0.2, 0.25) is 5.75 Å². The van der Waals surface area contributed by atoms with Gasteiger partial charge in [-0.15, -0.1) is 0 Å². The molecule has 1 aliphatic heterocycles. The lowest BCUT2D eigenvalue weighted by molar-refractivity contribution is 0.105. The van der Waals surface area contributed by atoms with Crippen molar-refractivity contribution in [3.05, 3.63) is 6.33 Å². The van der Waals surface area contributed by atoms with E-state index in [1.54, 1.807) is 13.4 Å². The third kappa shape index (κ3) is 2.95. The lowest BCUT2D eigenvalue weighted by Crippen LogP contribution is -2.41. The van der Waals surface area contributed by atoms with E-state index in [1.165, 1.54) is 0 Å². The number of hydrogen-bond donors (Lipinski definition) is 2. The van der Waals surface area contributed by atoms with Crippen LogP contribution in [0.2, 0.25) is 0 Å². The van der Waals surface area contributed by atoms with Gasteiger partial charge >= 0.3 is 0 Å². The highest BCUT2D eigenvalue weighted by Gasteiger charge is 2.38. The van der Waals surface area contributed by atoms with Gasteiger partial charge in [0.1, 0.15) is 6.33 Å². The summed E-state index contributed by atoms with van der Waals surface area (Å²) in [7, 11) is 1.64. The lowest BCUT2D eigenvalue weighted by Gasteiger charge is -2.30. The average molecular weight is 280 g/mol.